The van der Waals surface area contributed by atoms with Crippen molar-refractivity contribution >= 4 is 11.8 Å². The average Bonchev–Trinajstić information content (AvgIpc) is 2.49. The number of carboxylic acids is 1. The number of piperidine rings is 1. The first-order valence-corrected chi connectivity index (χ1v) is 8.84. The second kappa shape index (κ2) is 7.93. The van der Waals surface area contributed by atoms with Gasteiger partial charge in [0.15, 0.2) is 5.78 Å². The second-order valence-corrected chi connectivity index (χ2v) is 7.22. The fourth-order valence-corrected chi connectivity index (χ4v) is 4.09. The second-order valence-electron chi connectivity index (χ2n) is 7.22. The molecule has 4 heteroatoms. The number of carbonyl (C=O) groups is 2. The van der Waals surface area contributed by atoms with Crippen LogP contribution in [0.5, 0.6) is 0 Å². The molecule has 1 fully saturated rings. The van der Waals surface area contributed by atoms with E-state index in [2.05, 4.69) is 24.8 Å². The van der Waals surface area contributed by atoms with Crippen LogP contribution < -0.4 is 0 Å². The number of aliphatic carboxylic acids is 1. The molecule has 1 saturated heterocycles. The van der Waals surface area contributed by atoms with Crippen molar-refractivity contribution in [1.29, 1.82) is 0 Å². The number of aryl methyl sites for hydroxylation is 2. The number of rotatable bonds is 6. The number of nitrogens with zero attached hydrogens (tertiary/aromatic N) is 1. The number of benzene rings is 1. The third kappa shape index (κ3) is 4.44. The van der Waals surface area contributed by atoms with Gasteiger partial charge >= 0.3 is 5.97 Å². The molecular weight excluding hydrogens is 302 g/mol. The Morgan fingerprint density at radius 2 is 1.96 bits per heavy atom. The molecule has 0 aromatic heterocycles. The molecule has 132 valence electrons. The monoisotopic (exact) mass is 331 g/mol. The average molecular weight is 331 g/mol. The number of hydrogen-bond donors (Lipinski definition) is 1. The molecule has 0 bridgehead atoms. The van der Waals surface area contributed by atoms with Crippen molar-refractivity contribution in [2.45, 2.75) is 59.9 Å². The Hall–Kier alpha value is -1.68. The summed E-state index contributed by atoms with van der Waals surface area (Å²) in [6.07, 6.45) is 3.26. The quantitative estimate of drug-likeness (QED) is 0.804. The molecular formula is C20H29NO3. The van der Waals surface area contributed by atoms with Crippen LogP contribution in [0.3, 0.4) is 0 Å². The lowest BCUT2D eigenvalue weighted by Gasteiger charge is -2.33. The normalized spacial score (nSPS) is 18.6. The van der Waals surface area contributed by atoms with Gasteiger partial charge in [0.1, 0.15) is 0 Å². The highest BCUT2D eigenvalue weighted by Gasteiger charge is 2.22. The molecule has 2 rings (SSSR count). The van der Waals surface area contributed by atoms with E-state index in [1.807, 2.05) is 6.92 Å². The van der Waals surface area contributed by atoms with Crippen molar-refractivity contribution < 1.29 is 14.7 Å². The lowest BCUT2D eigenvalue weighted by atomic mass is 9.89. The first-order valence-electron chi connectivity index (χ1n) is 8.84. The van der Waals surface area contributed by atoms with Crippen molar-refractivity contribution in [3.63, 3.8) is 0 Å². The molecule has 0 saturated carbocycles. The van der Waals surface area contributed by atoms with Crippen LogP contribution in [0.15, 0.2) is 6.07 Å². The van der Waals surface area contributed by atoms with Crippen LogP contribution in [0.25, 0.3) is 0 Å². The van der Waals surface area contributed by atoms with Crippen LogP contribution in [-0.2, 0) is 11.3 Å². The zero-order valence-electron chi connectivity index (χ0n) is 15.3. The van der Waals surface area contributed by atoms with Gasteiger partial charge in [-0.3, -0.25) is 14.5 Å². The van der Waals surface area contributed by atoms with E-state index in [4.69, 9.17) is 5.11 Å². The summed E-state index contributed by atoms with van der Waals surface area (Å²) in [4.78, 5) is 25.2. The van der Waals surface area contributed by atoms with E-state index < -0.39 is 5.97 Å². The van der Waals surface area contributed by atoms with E-state index in [1.54, 1.807) is 6.92 Å². The molecule has 24 heavy (non-hydrogen) atoms. The van der Waals surface area contributed by atoms with Crippen LogP contribution in [0, 0.1) is 26.7 Å². The third-order valence-electron chi connectivity index (χ3n) is 5.23. The van der Waals surface area contributed by atoms with Gasteiger partial charge in [0.05, 0.1) is 0 Å². The summed E-state index contributed by atoms with van der Waals surface area (Å²) < 4.78 is 0. The molecule has 1 aromatic carbocycles. The van der Waals surface area contributed by atoms with Gasteiger partial charge in [0.2, 0.25) is 0 Å². The summed E-state index contributed by atoms with van der Waals surface area (Å²) in [5.74, 6) is -0.110. The van der Waals surface area contributed by atoms with Gasteiger partial charge in [-0.05, 0) is 81.7 Å². The molecule has 1 aliphatic rings. The Bertz CT molecular complexity index is 636. The van der Waals surface area contributed by atoms with Crippen LogP contribution in [0.1, 0.15) is 65.2 Å². The largest absolute Gasteiger partial charge is 0.481 e. The zero-order chi connectivity index (χ0) is 17.9. The maximum Gasteiger partial charge on any atom is 0.303 e. The summed E-state index contributed by atoms with van der Waals surface area (Å²) in [5.41, 5.74) is 5.51. The number of hydrogen-bond acceptors (Lipinski definition) is 3. The standard InChI is InChI=1S/C20H29NO3/c1-13-10-14(2)20(16(4)22)15(3)18(13)12-21-9-5-6-17(11-21)7-8-19(23)24/h10,17H,5-9,11-12H2,1-4H3,(H,23,24). The van der Waals surface area contributed by atoms with E-state index in [9.17, 15) is 9.59 Å². The van der Waals surface area contributed by atoms with Crippen LogP contribution in [0.2, 0.25) is 0 Å². The number of likely N-dealkylation sites (tertiary alicyclic amines) is 1. The first kappa shape index (κ1) is 18.7. The van der Waals surface area contributed by atoms with Gasteiger partial charge < -0.3 is 5.11 Å². The molecule has 1 N–H and O–H groups in total. The Morgan fingerprint density at radius 1 is 1.25 bits per heavy atom. The lowest BCUT2D eigenvalue weighted by molar-refractivity contribution is -0.137. The molecule has 1 aliphatic heterocycles. The van der Waals surface area contributed by atoms with Gasteiger partial charge in [-0.2, -0.15) is 0 Å². The van der Waals surface area contributed by atoms with Crippen molar-refractivity contribution in [1.82, 2.24) is 4.90 Å². The summed E-state index contributed by atoms with van der Waals surface area (Å²) in [5, 5.41) is 8.88. The molecule has 1 aromatic rings. The topological polar surface area (TPSA) is 57.6 Å². The van der Waals surface area contributed by atoms with Crippen molar-refractivity contribution in [2.24, 2.45) is 5.92 Å². The molecule has 4 nitrogen and oxygen atoms in total. The Morgan fingerprint density at radius 3 is 2.58 bits per heavy atom. The fraction of sp³-hybridized carbons (Fsp3) is 0.600. The number of carbonyl (C=O) groups excluding carboxylic acids is 1. The van der Waals surface area contributed by atoms with E-state index in [0.717, 1.165) is 55.6 Å². The van der Waals surface area contributed by atoms with E-state index in [1.165, 1.54) is 11.1 Å². The number of ketones is 1. The molecule has 0 amide bonds. The van der Waals surface area contributed by atoms with Gasteiger partial charge in [-0.25, -0.2) is 0 Å². The number of Topliss-reactive ketones (excluding diaryl/α,β-unsaturated/α-hetero) is 1. The van der Waals surface area contributed by atoms with E-state index >= 15 is 0 Å². The van der Waals surface area contributed by atoms with E-state index in [0.29, 0.717) is 5.92 Å². The highest BCUT2D eigenvalue weighted by atomic mass is 16.4. The lowest BCUT2D eigenvalue weighted by Crippen LogP contribution is -2.35. The SMILES string of the molecule is CC(=O)c1c(C)cc(C)c(CN2CCCC(CCC(=O)O)C2)c1C. The van der Waals surface area contributed by atoms with E-state index in [-0.39, 0.29) is 12.2 Å². The summed E-state index contributed by atoms with van der Waals surface area (Å²) in [6, 6.07) is 2.12. The Balaban J connectivity index is 2.14. The molecule has 0 radical (unpaired) electrons. The van der Waals surface area contributed by atoms with Crippen molar-refractivity contribution in [3.05, 3.63) is 33.9 Å². The van der Waals surface area contributed by atoms with Gasteiger partial charge in [-0.1, -0.05) is 6.07 Å². The highest BCUT2D eigenvalue weighted by molar-refractivity contribution is 5.97. The van der Waals surface area contributed by atoms with Gasteiger partial charge in [0, 0.05) is 25.1 Å². The van der Waals surface area contributed by atoms with Crippen molar-refractivity contribution in [3.8, 4) is 0 Å². The molecule has 1 heterocycles. The maximum atomic E-state index is 12.0. The van der Waals surface area contributed by atoms with Crippen molar-refractivity contribution in [2.75, 3.05) is 13.1 Å². The summed E-state index contributed by atoms with van der Waals surface area (Å²) >= 11 is 0. The van der Waals surface area contributed by atoms with Crippen LogP contribution in [-0.4, -0.2) is 34.8 Å². The predicted molar refractivity (Wildman–Crippen MR) is 95.5 cm³/mol. The first-order chi connectivity index (χ1) is 11.3. The Kier molecular flexibility index (Phi) is 6.16. The van der Waals surface area contributed by atoms with Crippen LogP contribution in [0.4, 0.5) is 0 Å². The minimum atomic E-state index is -0.705. The van der Waals surface area contributed by atoms with Gasteiger partial charge in [0.25, 0.3) is 0 Å². The number of carboxylic acid groups (broad SMARTS) is 1. The molecule has 0 aliphatic carbocycles. The third-order valence-corrected chi connectivity index (χ3v) is 5.23. The highest BCUT2D eigenvalue weighted by Crippen LogP contribution is 2.27. The minimum Gasteiger partial charge on any atom is -0.481 e. The van der Waals surface area contributed by atoms with Crippen LogP contribution >= 0.6 is 0 Å². The zero-order valence-corrected chi connectivity index (χ0v) is 15.3. The molecule has 1 atom stereocenters. The fourth-order valence-electron chi connectivity index (χ4n) is 4.09. The molecule has 1 unspecified atom stereocenters. The Labute approximate surface area is 144 Å². The smallest absolute Gasteiger partial charge is 0.303 e. The molecule has 0 spiro atoms. The summed E-state index contributed by atoms with van der Waals surface area (Å²) in [6.45, 7) is 10.7. The summed E-state index contributed by atoms with van der Waals surface area (Å²) in [7, 11) is 0. The predicted octanol–water partition coefficient (Wildman–Crippen LogP) is 3.89. The minimum absolute atomic E-state index is 0.129. The maximum absolute atomic E-state index is 12.0. The van der Waals surface area contributed by atoms with Gasteiger partial charge in [-0.15, -0.1) is 0 Å².